The fourth-order valence-corrected chi connectivity index (χ4v) is 5.33. The van der Waals surface area contributed by atoms with Crippen LogP contribution in [0, 0.1) is 0 Å². The fourth-order valence-electron chi connectivity index (χ4n) is 2.59. The third-order valence-corrected chi connectivity index (χ3v) is 7.12. The average Bonchev–Trinajstić information content (AvgIpc) is 3.11. The highest BCUT2D eigenvalue weighted by atomic mass is 32.2. The van der Waals surface area contributed by atoms with Crippen LogP contribution in [0.15, 0.2) is 46.7 Å². The smallest absolute Gasteiger partial charge is 0.421 e. The number of benzene rings is 1. The van der Waals surface area contributed by atoms with Crippen LogP contribution in [0.1, 0.15) is 27.6 Å². The second kappa shape index (κ2) is 5.91. The fraction of sp³-hybridized carbons (Fsp3) is 0.200. The van der Waals surface area contributed by atoms with Gasteiger partial charge < -0.3 is 10.2 Å². The van der Waals surface area contributed by atoms with Gasteiger partial charge >= 0.3 is 12.1 Å². The molecule has 1 aromatic carbocycles. The van der Waals surface area contributed by atoms with Crippen LogP contribution in [0.5, 0.6) is 0 Å². The minimum absolute atomic E-state index is 0.158. The van der Waals surface area contributed by atoms with Crippen molar-refractivity contribution >= 4 is 33.4 Å². The maximum Gasteiger partial charge on any atom is 0.421 e. The maximum atomic E-state index is 12.6. The number of hydrogen-bond acceptors (Lipinski definition) is 5. The molecule has 1 saturated carbocycles. The number of aromatic carboxylic acids is 1. The van der Waals surface area contributed by atoms with Crippen molar-refractivity contribution in [3.8, 4) is 0 Å². The normalized spacial score (nSPS) is 19.7. The van der Waals surface area contributed by atoms with Crippen LogP contribution in [-0.2, 0) is 10.0 Å². The van der Waals surface area contributed by atoms with Gasteiger partial charge in [-0.1, -0.05) is 30.3 Å². The summed E-state index contributed by atoms with van der Waals surface area (Å²) in [5, 5.41) is 18.3. The van der Waals surface area contributed by atoms with Gasteiger partial charge in [-0.15, -0.1) is 11.3 Å². The zero-order chi connectivity index (χ0) is 17.5. The van der Waals surface area contributed by atoms with Gasteiger partial charge in [-0.3, -0.25) is 0 Å². The molecular formula is C15H13NO6S2. The van der Waals surface area contributed by atoms with Gasteiger partial charge in [0.2, 0.25) is 0 Å². The predicted octanol–water partition coefficient (Wildman–Crippen LogP) is 2.67. The van der Waals surface area contributed by atoms with Gasteiger partial charge in [-0.25, -0.2) is 9.59 Å². The van der Waals surface area contributed by atoms with Crippen LogP contribution in [0.4, 0.5) is 4.79 Å². The highest BCUT2D eigenvalue weighted by molar-refractivity contribution is 7.91. The second-order valence-corrected chi connectivity index (χ2v) is 8.45. The summed E-state index contributed by atoms with van der Waals surface area (Å²) < 4.78 is 25.4. The summed E-state index contributed by atoms with van der Waals surface area (Å²) in [6, 6.07) is 10.7. The van der Waals surface area contributed by atoms with Crippen LogP contribution in [0.25, 0.3) is 0 Å². The molecule has 2 N–H and O–H groups in total. The van der Waals surface area contributed by atoms with E-state index in [1.54, 1.807) is 0 Å². The molecule has 0 saturated heterocycles. The van der Waals surface area contributed by atoms with Crippen molar-refractivity contribution in [2.24, 2.45) is 0 Å². The van der Waals surface area contributed by atoms with Crippen molar-refractivity contribution in [2.45, 2.75) is 22.6 Å². The van der Waals surface area contributed by atoms with E-state index in [0.29, 0.717) is 22.1 Å². The van der Waals surface area contributed by atoms with Crippen LogP contribution < -0.4 is 0 Å². The first-order valence-electron chi connectivity index (χ1n) is 6.98. The van der Waals surface area contributed by atoms with E-state index < -0.39 is 28.1 Å². The molecule has 7 nitrogen and oxygen atoms in total. The Bertz CT molecular complexity index is 890. The van der Waals surface area contributed by atoms with E-state index in [-0.39, 0.29) is 15.0 Å². The van der Waals surface area contributed by atoms with E-state index in [9.17, 15) is 23.1 Å². The Labute approximate surface area is 141 Å². The van der Waals surface area contributed by atoms with Gasteiger partial charge in [0, 0.05) is 5.92 Å². The molecule has 1 aliphatic rings. The number of amides is 1. The summed E-state index contributed by atoms with van der Waals surface area (Å²) in [4.78, 5) is 22.3. The van der Waals surface area contributed by atoms with Crippen LogP contribution in [0.2, 0.25) is 0 Å². The molecule has 126 valence electrons. The van der Waals surface area contributed by atoms with Gasteiger partial charge in [0.1, 0.15) is 9.09 Å². The van der Waals surface area contributed by atoms with Gasteiger partial charge in [0.05, 0.1) is 6.04 Å². The second-order valence-electron chi connectivity index (χ2n) is 5.33. The molecule has 0 spiro atoms. The van der Waals surface area contributed by atoms with Crippen LogP contribution >= 0.6 is 11.3 Å². The summed E-state index contributed by atoms with van der Waals surface area (Å²) in [7, 11) is -4.30. The lowest BCUT2D eigenvalue weighted by atomic mass is 10.1. The van der Waals surface area contributed by atoms with E-state index in [2.05, 4.69) is 0 Å². The minimum atomic E-state index is -4.30. The van der Waals surface area contributed by atoms with Crippen LogP contribution in [-0.4, -0.2) is 41.0 Å². The molecular weight excluding hydrogens is 354 g/mol. The molecule has 1 amide bonds. The summed E-state index contributed by atoms with van der Waals surface area (Å²) in [5.74, 6) is -1.44. The number of sulfonamides is 1. The number of rotatable bonds is 5. The standard InChI is InChI=1S/C15H13NO6S2/c17-14(18)12-6-7-13(23-12)24(21,22)16(15(19)20)11-8-10(11)9-4-2-1-3-5-9/h1-7,10-11H,8H2,(H,17,18)(H,19,20). The Morgan fingerprint density at radius 1 is 1.08 bits per heavy atom. The number of thiophene rings is 1. The van der Waals surface area contributed by atoms with E-state index in [0.717, 1.165) is 17.7 Å². The Kier molecular flexibility index (Phi) is 4.06. The van der Waals surface area contributed by atoms with E-state index in [4.69, 9.17) is 5.11 Å². The lowest BCUT2D eigenvalue weighted by Gasteiger charge is -2.18. The minimum Gasteiger partial charge on any atom is -0.477 e. The monoisotopic (exact) mass is 367 g/mol. The molecule has 1 aliphatic carbocycles. The maximum absolute atomic E-state index is 12.6. The molecule has 1 fully saturated rings. The summed E-state index contributed by atoms with van der Waals surface area (Å²) in [6.07, 6.45) is -1.16. The average molecular weight is 367 g/mol. The first-order chi connectivity index (χ1) is 11.3. The van der Waals surface area contributed by atoms with Gasteiger partial charge in [-0.05, 0) is 24.1 Å². The zero-order valence-corrected chi connectivity index (χ0v) is 13.8. The zero-order valence-electron chi connectivity index (χ0n) is 12.2. The highest BCUT2D eigenvalue weighted by Crippen LogP contribution is 2.47. The molecule has 3 rings (SSSR count). The number of carbonyl (C=O) groups is 2. The van der Waals surface area contributed by atoms with E-state index in [1.165, 1.54) is 0 Å². The van der Waals surface area contributed by atoms with Crippen molar-refractivity contribution in [1.82, 2.24) is 4.31 Å². The predicted molar refractivity (Wildman–Crippen MR) is 85.9 cm³/mol. The van der Waals surface area contributed by atoms with Gasteiger partial charge in [0.15, 0.2) is 0 Å². The molecule has 0 aliphatic heterocycles. The molecule has 1 aromatic heterocycles. The third-order valence-electron chi connectivity index (χ3n) is 3.78. The molecule has 0 radical (unpaired) electrons. The van der Waals surface area contributed by atoms with Crippen molar-refractivity contribution in [2.75, 3.05) is 0 Å². The molecule has 1 heterocycles. The molecule has 2 aromatic rings. The lowest BCUT2D eigenvalue weighted by molar-refractivity contribution is 0.0702. The van der Waals surface area contributed by atoms with Gasteiger partial charge in [-0.2, -0.15) is 12.7 Å². The van der Waals surface area contributed by atoms with Crippen molar-refractivity contribution < 1.29 is 28.2 Å². The first-order valence-corrected chi connectivity index (χ1v) is 9.23. The Morgan fingerprint density at radius 3 is 2.29 bits per heavy atom. The molecule has 2 unspecified atom stereocenters. The number of carboxylic acids is 1. The molecule has 2 atom stereocenters. The highest BCUT2D eigenvalue weighted by Gasteiger charge is 2.50. The number of nitrogens with zero attached hydrogens (tertiary/aromatic N) is 1. The molecule has 0 bridgehead atoms. The topological polar surface area (TPSA) is 112 Å². The van der Waals surface area contributed by atoms with Crippen LogP contribution in [0.3, 0.4) is 0 Å². The Morgan fingerprint density at radius 2 is 1.75 bits per heavy atom. The number of carboxylic acid groups (broad SMARTS) is 2. The summed E-state index contributed by atoms with van der Waals surface area (Å²) >= 11 is 0.543. The lowest BCUT2D eigenvalue weighted by Crippen LogP contribution is -2.38. The Hall–Kier alpha value is -2.39. The third kappa shape index (κ3) is 2.87. The van der Waals surface area contributed by atoms with E-state index >= 15 is 0 Å². The Balaban J connectivity index is 1.91. The summed E-state index contributed by atoms with van der Waals surface area (Å²) in [5.41, 5.74) is 0.876. The van der Waals surface area contributed by atoms with E-state index in [1.807, 2.05) is 30.3 Å². The summed E-state index contributed by atoms with van der Waals surface area (Å²) in [6.45, 7) is 0. The van der Waals surface area contributed by atoms with Crippen molar-refractivity contribution in [3.05, 3.63) is 52.9 Å². The largest absolute Gasteiger partial charge is 0.477 e. The molecule has 9 heteroatoms. The van der Waals surface area contributed by atoms with Gasteiger partial charge in [0.25, 0.3) is 10.0 Å². The quantitative estimate of drug-likeness (QED) is 0.840. The number of hydrogen-bond donors (Lipinski definition) is 2. The van der Waals surface area contributed by atoms with Crippen molar-refractivity contribution in [1.29, 1.82) is 0 Å². The first kappa shape index (κ1) is 16.5. The molecule has 24 heavy (non-hydrogen) atoms. The SMILES string of the molecule is O=C(O)c1ccc(S(=O)(=O)N(C(=O)O)C2CC2c2ccccc2)s1. The van der Waals surface area contributed by atoms with Crippen molar-refractivity contribution in [3.63, 3.8) is 0 Å².